The number of aryl methyl sites for hydroxylation is 1. The van der Waals surface area contributed by atoms with Crippen LogP contribution in [0.1, 0.15) is 5.56 Å². The summed E-state index contributed by atoms with van der Waals surface area (Å²) in [6.07, 6.45) is 0. The zero-order valence-corrected chi connectivity index (χ0v) is 27.9. The lowest BCUT2D eigenvalue weighted by molar-refractivity contribution is 0.670. The molecule has 0 amide bonds. The Morgan fingerprint density at radius 3 is 1.96 bits per heavy atom. The van der Waals surface area contributed by atoms with Crippen LogP contribution < -0.4 is 0 Å². The lowest BCUT2D eigenvalue weighted by Crippen LogP contribution is -1.97. The number of nitrogens with zero attached hydrogens (tertiary/aromatic N) is 3. The van der Waals surface area contributed by atoms with E-state index in [0.29, 0.717) is 5.82 Å². The highest BCUT2D eigenvalue weighted by atomic mass is 16.3. The van der Waals surface area contributed by atoms with Gasteiger partial charge in [0.05, 0.1) is 22.4 Å². The minimum atomic E-state index is 0.660. The molecule has 0 saturated heterocycles. The Balaban J connectivity index is 1.25. The second-order valence-corrected chi connectivity index (χ2v) is 13.1. The van der Waals surface area contributed by atoms with E-state index in [1.54, 1.807) is 0 Å². The first-order chi connectivity index (χ1) is 25.2. The number of hydrogen-bond donors (Lipinski definition) is 0. The van der Waals surface area contributed by atoms with Crippen LogP contribution in [-0.2, 0) is 0 Å². The van der Waals surface area contributed by atoms with Gasteiger partial charge in [-0.1, -0.05) is 127 Å². The van der Waals surface area contributed by atoms with Crippen LogP contribution in [0.2, 0.25) is 0 Å². The van der Waals surface area contributed by atoms with Gasteiger partial charge in [-0.15, -0.1) is 0 Å². The molecular weight excluding hydrogens is 623 g/mol. The van der Waals surface area contributed by atoms with E-state index < -0.39 is 0 Å². The van der Waals surface area contributed by atoms with Gasteiger partial charge in [0.1, 0.15) is 11.2 Å². The van der Waals surface area contributed by atoms with Gasteiger partial charge in [-0.25, -0.2) is 9.97 Å². The third-order valence-electron chi connectivity index (χ3n) is 9.90. The quantitative estimate of drug-likeness (QED) is 0.186. The number of hydrogen-bond acceptors (Lipinski definition) is 3. The van der Waals surface area contributed by atoms with Crippen molar-refractivity contribution in [3.8, 4) is 50.7 Å². The summed E-state index contributed by atoms with van der Waals surface area (Å²) in [6.45, 7) is 2.12. The highest BCUT2D eigenvalue weighted by Gasteiger charge is 2.20. The average molecular weight is 654 g/mol. The average Bonchev–Trinajstić information content (AvgIpc) is 3.75. The number of aromatic nitrogens is 3. The zero-order chi connectivity index (χ0) is 33.9. The molecular formula is C47H31N3O. The predicted molar refractivity (Wildman–Crippen MR) is 210 cm³/mol. The summed E-state index contributed by atoms with van der Waals surface area (Å²) in [4.78, 5) is 10.6. The fourth-order valence-corrected chi connectivity index (χ4v) is 7.47. The Morgan fingerprint density at radius 2 is 1.10 bits per heavy atom. The lowest BCUT2D eigenvalue weighted by Gasteiger charge is -2.12. The largest absolute Gasteiger partial charge is 0.455 e. The maximum absolute atomic E-state index is 6.53. The molecule has 0 aliphatic heterocycles. The van der Waals surface area contributed by atoms with Crippen LogP contribution in [0, 0.1) is 6.92 Å². The van der Waals surface area contributed by atoms with Crippen molar-refractivity contribution in [3.05, 3.63) is 175 Å². The molecule has 3 aromatic heterocycles. The van der Waals surface area contributed by atoms with Gasteiger partial charge >= 0.3 is 0 Å². The molecule has 0 radical (unpaired) electrons. The molecule has 0 saturated carbocycles. The molecule has 240 valence electrons. The maximum Gasteiger partial charge on any atom is 0.160 e. The maximum atomic E-state index is 6.53. The molecule has 0 atom stereocenters. The monoisotopic (exact) mass is 653 g/mol. The van der Waals surface area contributed by atoms with E-state index in [-0.39, 0.29) is 0 Å². The molecule has 0 aliphatic carbocycles. The third kappa shape index (κ3) is 4.84. The summed E-state index contributed by atoms with van der Waals surface area (Å²) in [7, 11) is 0. The van der Waals surface area contributed by atoms with E-state index in [0.717, 1.165) is 83.3 Å². The molecule has 0 bridgehead atoms. The minimum Gasteiger partial charge on any atom is -0.455 e. The van der Waals surface area contributed by atoms with Crippen LogP contribution in [0.5, 0.6) is 0 Å². The van der Waals surface area contributed by atoms with E-state index in [2.05, 4.69) is 163 Å². The van der Waals surface area contributed by atoms with Crippen LogP contribution in [0.3, 0.4) is 0 Å². The molecule has 4 nitrogen and oxygen atoms in total. The molecule has 0 N–H and O–H groups in total. The van der Waals surface area contributed by atoms with Gasteiger partial charge in [0, 0.05) is 43.9 Å². The first-order valence-corrected chi connectivity index (χ1v) is 17.2. The number of para-hydroxylation sites is 3. The Bertz CT molecular complexity index is 2920. The smallest absolute Gasteiger partial charge is 0.160 e. The Hall–Kier alpha value is -6.78. The van der Waals surface area contributed by atoms with Crippen molar-refractivity contribution in [2.24, 2.45) is 0 Å². The van der Waals surface area contributed by atoms with E-state index >= 15 is 0 Å². The highest BCUT2D eigenvalue weighted by molar-refractivity contribution is 6.16. The predicted octanol–water partition coefficient (Wildman–Crippen LogP) is 12.4. The molecule has 7 aromatic carbocycles. The van der Waals surface area contributed by atoms with Crippen LogP contribution in [0.15, 0.2) is 174 Å². The van der Waals surface area contributed by atoms with Crippen molar-refractivity contribution in [2.45, 2.75) is 6.92 Å². The Kier molecular flexibility index (Phi) is 6.68. The van der Waals surface area contributed by atoms with E-state index in [4.69, 9.17) is 14.4 Å². The second kappa shape index (κ2) is 11.7. The molecule has 10 aromatic rings. The summed E-state index contributed by atoms with van der Waals surface area (Å²) >= 11 is 0. The Morgan fingerprint density at radius 1 is 0.471 bits per heavy atom. The van der Waals surface area contributed by atoms with Gasteiger partial charge < -0.3 is 8.98 Å². The molecule has 3 heterocycles. The molecule has 4 heteroatoms. The van der Waals surface area contributed by atoms with Crippen LogP contribution in [0.4, 0.5) is 0 Å². The molecule has 0 spiro atoms. The van der Waals surface area contributed by atoms with Gasteiger partial charge in [-0.2, -0.15) is 0 Å². The molecule has 51 heavy (non-hydrogen) atoms. The molecule has 0 unspecified atom stereocenters. The highest BCUT2D eigenvalue weighted by Crippen LogP contribution is 2.41. The van der Waals surface area contributed by atoms with Crippen LogP contribution in [0.25, 0.3) is 94.5 Å². The number of fused-ring (bicyclic) bond motifs is 6. The van der Waals surface area contributed by atoms with E-state index in [9.17, 15) is 0 Å². The summed E-state index contributed by atoms with van der Waals surface area (Å²) in [5.41, 5.74) is 13.2. The summed E-state index contributed by atoms with van der Waals surface area (Å²) in [5, 5.41) is 4.49. The van der Waals surface area contributed by atoms with Gasteiger partial charge in [0.25, 0.3) is 0 Å². The summed E-state index contributed by atoms with van der Waals surface area (Å²) in [6, 6.07) is 59.5. The standard InChI is InChI=1S/C47H31N3O/c1-30-24-26-34(27-25-30)50-42-21-7-5-17-39(42)45-37(19-11-22-43(45)50)40-29-41(38-20-10-18-36-35-16-6-8-23-44(35)51-46(36)38)49-47(48-40)33-15-9-14-32(28-33)31-12-3-2-4-13-31/h2-29H,1H3. The fraction of sp³-hybridized carbons (Fsp3) is 0.0213. The normalized spacial score (nSPS) is 11.6. The van der Waals surface area contributed by atoms with Crippen molar-refractivity contribution in [2.75, 3.05) is 0 Å². The third-order valence-corrected chi connectivity index (χ3v) is 9.90. The summed E-state index contributed by atoms with van der Waals surface area (Å²) < 4.78 is 8.89. The molecule has 0 fully saturated rings. The van der Waals surface area contributed by atoms with Crippen LogP contribution >= 0.6 is 0 Å². The summed E-state index contributed by atoms with van der Waals surface area (Å²) in [5.74, 6) is 0.660. The first-order valence-electron chi connectivity index (χ1n) is 17.2. The fourth-order valence-electron chi connectivity index (χ4n) is 7.47. The van der Waals surface area contributed by atoms with Crippen molar-refractivity contribution >= 4 is 43.7 Å². The van der Waals surface area contributed by atoms with Gasteiger partial charge in [-0.05, 0) is 66.6 Å². The molecule has 0 aliphatic rings. The number of rotatable bonds is 5. The van der Waals surface area contributed by atoms with Gasteiger partial charge in [0.2, 0.25) is 0 Å². The number of benzene rings is 7. The van der Waals surface area contributed by atoms with Crippen LogP contribution in [-0.4, -0.2) is 14.5 Å². The number of furan rings is 1. The van der Waals surface area contributed by atoms with E-state index in [1.807, 2.05) is 18.2 Å². The van der Waals surface area contributed by atoms with E-state index in [1.165, 1.54) is 10.9 Å². The van der Waals surface area contributed by atoms with Crippen molar-refractivity contribution < 1.29 is 4.42 Å². The Labute approximate surface area is 294 Å². The van der Waals surface area contributed by atoms with Crippen molar-refractivity contribution in [1.29, 1.82) is 0 Å². The van der Waals surface area contributed by atoms with Crippen molar-refractivity contribution in [3.63, 3.8) is 0 Å². The van der Waals surface area contributed by atoms with Gasteiger partial charge in [-0.3, -0.25) is 0 Å². The van der Waals surface area contributed by atoms with Gasteiger partial charge in [0.15, 0.2) is 5.82 Å². The zero-order valence-electron chi connectivity index (χ0n) is 27.9. The first kappa shape index (κ1) is 29.2. The van der Waals surface area contributed by atoms with Crippen molar-refractivity contribution in [1.82, 2.24) is 14.5 Å². The second-order valence-electron chi connectivity index (χ2n) is 13.1. The SMILES string of the molecule is Cc1ccc(-n2c3ccccc3c3c(-c4cc(-c5cccc6c5oc5ccccc56)nc(-c5cccc(-c6ccccc6)c5)n4)cccc32)cc1. The topological polar surface area (TPSA) is 43.9 Å². The lowest BCUT2D eigenvalue weighted by atomic mass is 10.00. The molecule has 10 rings (SSSR count). The minimum absolute atomic E-state index is 0.660.